The molecule has 0 aromatic heterocycles. The molecular formula is C15H28O. The second-order valence-electron chi connectivity index (χ2n) is 6.21. The van der Waals surface area contributed by atoms with Crippen molar-refractivity contribution in [3.63, 3.8) is 0 Å². The molecule has 0 amide bonds. The van der Waals surface area contributed by atoms with Crippen LogP contribution >= 0.6 is 0 Å². The number of ketones is 1. The smallest absolute Gasteiger partial charge is 0.135 e. The first-order chi connectivity index (χ1) is 7.50. The first-order valence-electron chi connectivity index (χ1n) is 7.03. The lowest BCUT2D eigenvalue weighted by Gasteiger charge is -2.38. The van der Waals surface area contributed by atoms with Gasteiger partial charge in [-0.2, -0.15) is 0 Å². The summed E-state index contributed by atoms with van der Waals surface area (Å²) in [6.07, 6.45) is 7.41. The third-order valence-electron chi connectivity index (χ3n) is 4.14. The molecule has 0 aliphatic heterocycles. The van der Waals surface area contributed by atoms with Crippen LogP contribution in [0.5, 0.6) is 0 Å². The van der Waals surface area contributed by atoms with Crippen molar-refractivity contribution in [2.45, 2.75) is 66.2 Å². The second kappa shape index (κ2) is 6.42. The van der Waals surface area contributed by atoms with Gasteiger partial charge in [-0.05, 0) is 37.0 Å². The predicted molar refractivity (Wildman–Crippen MR) is 69.4 cm³/mol. The Bertz CT molecular complexity index is 211. The molecule has 0 saturated heterocycles. The summed E-state index contributed by atoms with van der Waals surface area (Å²) in [5, 5.41) is 0. The summed E-state index contributed by atoms with van der Waals surface area (Å²) in [6.45, 7) is 8.67. The van der Waals surface area contributed by atoms with Crippen LogP contribution in [0.4, 0.5) is 0 Å². The standard InChI is InChI=1S/C15H28O/c1-11(2)14-9-13(10-14)7-5-6-8-15(16)12(3)4/h11-14H,5-10H2,1-4H3. The van der Waals surface area contributed by atoms with Crippen LogP contribution in [-0.4, -0.2) is 5.78 Å². The average Bonchev–Trinajstić information content (AvgIpc) is 2.13. The fraction of sp³-hybridized carbons (Fsp3) is 0.933. The Morgan fingerprint density at radius 2 is 1.75 bits per heavy atom. The molecule has 94 valence electrons. The number of Topliss-reactive ketones (excluding diaryl/α,β-unsaturated/α-hetero) is 1. The van der Waals surface area contributed by atoms with Gasteiger partial charge in [-0.15, -0.1) is 0 Å². The zero-order valence-electron chi connectivity index (χ0n) is 11.5. The normalized spacial score (nSPS) is 24.9. The van der Waals surface area contributed by atoms with Gasteiger partial charge in [0.2, 0.25) is 0 Å². The highest BCUT2D eigenvalue weighted by Gasteiger charge is 2.30. The molecule has 0 aromatic rings. The van der Waals surface area contributed by atoms with E-state index in [1.165, 1.54) is 25.7 Å². The summed E-state index contributed by atoms with van der Waals surface area (Å²) in [5.74, 6) is 3.50. The fourth-order valence-corrected chi connectivity index (χ4v) is 2.59. The monoisotopic (exact) mass is 224 g/mol. The van der Waals surface area contributed by atoms with Gasteiger partial charge in [0, 0.05) is 12.3 Å². The highest BCUT2D eigenvalue weighted by atomic mass is 16.1. The van der Waals surface area contributed by atoms with Gasteiger partial charge in [0.15, 0.2) is 0 Å². The van der Waals surface area contributed by atoms with E-state index in [0.29, 0.717) is 5.78 Å². The van der Waals surface area contributed by atoms with E-state index in [4.69, 9.17) is 0 Å². The summed E-state index contributed by atoms with van der Waals surface area (Å²) in [7, 11) is 0. The van der Waals surface area contributed by atoms with Crippen molar-refractivity contribution in [1.82, 2.24) is 0 Å². The van der Waals surface area contributed by atoms with Crippen LogP contribution in [0.25, 0.3) is 0 Å². The number of carbonyl (C=O) groups excluding carboxylic acids is 1. The van der Waals surface area contributed by atoms with E-state index in [1.54, 1.807) is 0 Å². The topological polar surface area (TPSA) is 17.1 Å². The van der Waals surface area contributed by atoms with Crippen molar-refractivity contribution in [2.75, 3.05) is 0 Å². The molecule has 0 atom stereocenters. The summed E-state index contributed by atoms with van der Waals surface area (Å²) in [4.78, 5) is 11.4. The van der Waals surface area contributed by atoms with Gasteiger partial charge < -0.3 is 0 Å². The SMILES string of the molecule is CC(C)C(=O)CCCCC1CC(C(C)C)C1. The molecule has 0 aromatic carbocycles. The van der Waals surface area contributed by atoms with Gasteiger partial charge in [-0.1, -0.05) is 40.5 Å². The molecule has 1 rings (SSSR count). The maximum absolute atomic E-state index is 11.4. The predicted octanol–water partition coefficient (Wildman–Crippen LogP) is 4.45. The minimum Gasteiger partial charge on any atom is -0.299 e. The van der Waals surface area contributed by atoms with E-state index >= 15 is 0 Å². The molecule has 0 heterocycles. The Hall–Kier alpha value is -0.330. The van der Waals surface area contributed by atoms with Crippen molar-refractivity contribution in [1.29, 1.82) is 0 Å². The molecule has 0 spiro atoms. The number of hydrogen-bond acceptors (Lipinski definition) is 1. The number of unbranched alkanes of at least 4 members (excludes halogenated alkanes) is 1. The van der Waals surface area contributed by atoms with Crippen LogP contribution in [0.2, 0.25) is 0 Å². The van der Waals surface area contributed by atoms with E-state index in [9.17, 15) is 4.79 Å². The van der Waals surface area contributed by atoms with Crippen molar-refractivity contribution in [3.05, 3.63) is 0 Å². The number of hydrogen-bond donors (Lipinski definition) is 0. The Labute approximate surface area is 101 Å². The molecular weight excluding hydrogens is 196 g/mol. The quantitative estimate of drug-likeness (QED) is 0.584. The minimum atomic E-state index is 0.231. The average molecular weight is 224 g/mol. The van der Waals surface area contributed by atoms with Crippen molar-refractivity contribution >= 4 is 5.78 Å². The third kappa shape index (κ3) is 4.27. The van der Waals surface area contributed by atoms with Gasteiger partial charge in [0.1, 0.15) is 5.78 Å². The van der Waals surface area contributed by atoms with Gasteiger partial charge >= 0.3 is 0 Å². The van der Waals surface area contributed by atoms with Crippen LogP contribution < -0.4 is 0 Å². The van der Waals surface area contributed by atoms with Gasteiger partial charge in [0.05, 0.1) is 0 Å². The zero-order chi connectivity index (χ0) is 12.1. The Balaban J connectivity index is 1.96. The number of rotatable bonds is 7. The lowest BCUT2D eigenvalue weighted by atomic mass is 9.68. The van der Waals surface area contributed by atoms with E-state index in [2.05, 4.69) is 13.8 Å². The zero-order valence-corrected chi connectivity index (χ0v) is 11.5. The highest BCUT2D eigenvalue weighted by Crippen LogP contribution is 2.41. The van der Waals surface area contributed by atoms with Crippen molar-refractivity contribution < 1.29 is 4.79 Å². The molecule has 1 fully saturated rings. The molecule has 0 bridgehead atoms. The van der Waals surface area contributed by atoms with Crippen LogP contribution in [0, 0.1) is 23.7 Å². The first-order valence-corrected chi connectivity index (χ1v) is 7.03. The Kier molecular flexibility index (Phi) is 5.51. The molecule has 1 saturated carbocycles. The first kappa shape index (κ1) is 13.7. The molecule has 1 aliphatic carbocycles. The molecule has 16 heavy (non-hydrogen) atoms. The fourth-order valence-electron chi connectivity index (χ4n) is 2.59. The van der Waals surface area contributed by atoms with Crippen LogP contribution in [0.3, 0.4) is 0 Å². The van der Waals surface area contributed by atoms with Crippen molar-refractivity contribution in [3.8, 4) is 0 Å². The van der Waals surface area contributed by atoms with Gasteiger partial charge in [-0.3, -0.25) is 4.79 Å². The van der Waals surface area contributed by atoms with E-state index in [0.717, 1.165) is 30.6 Å². The van der Waals surface area contributed by atoms with E-state index in [1.807, 2.05) is 13.8 Å². The molecule has 0 radical (unpaired) electrons. The maximum Gasteiger partial charge on any atom is 0.135 e. The lowest BCUT2D eigenvalue weighted by Crippen LogP contribution is -2.27. The van der Waals surface area contributed by atoms with Crippen molar-refractivity contribution in [2.24, 2.45) is 23.7 Å². The lowest BCUT2D eigenvalue weighted by molar-refractivity contribution is -0.122. The highest BCUT2D eigenvalue weighted by molar-refractivity contribution is 5.80. The van der Waals surface area contributed by atoms with E-state index < -0.39 is 0 Å². The van der Waals surface area contributed by atoms with Crippen LogP contribution in [0.15, 0.2) is 0 Å². The summed E-state index contributed by atoms with van der Waals surface area (Å²) < 4.78 is 0. The molecule has 0 N–H and O–H groups in total. The van der Waals surface area contributed by atoms with Crippen LogP contribution in [0.1, 0.15) is 66.2 Å². The van der Waals surface area contributed by atoms with Gasteiger partial charge in [-0.25, -0.2) is 0 Å². The van der Waals surface area contributed by atoms with Gasteiger partial charge in [0.25, 0.3) is 0 Å². The maximum atomic E-state index is 11.4. The summed E-state index contributed by atoms with van der Waals surface area (Å²) in [6, 6.07) is 0. The molecule has 1 aliphatic rings. The van der Waals surface area contributed by atoms with E-state index in [-0.39, 0.29) is 5.92 Å². The second-order valence-corrected chi connectivity index (χ2v) is 6.21. The van der Waals surface area contributed by atoms with Crippen LogP contribution in [-0.2, 0) is 4.79 Å². The molecule has 1 nitrogen and oxygen atoms in total. The Morgan fingerprint density at radius 3 is 2.25 bits per heavy atom. The molecule has 0 unspecified atom stereocenters. The number of carbonyl (C=O) groups is 1. The molecule has 1 heteroatoms. The largest absolute Gasteiger partial charge is 0.299 e. The summed E-state index contributed by atoms with van der Waals surface area (Å²) in [5.41, 5.74) is 0. The minimum absolute atomic E-state index is 0.231. The Morgan fingerprint density at radius 1 is 1.12 bits per heavy atom. The summed E-state index contributed by atoms with van der Waals surface area (Å²) >= 11 is 0. The third-order valence-corrected chi connectivity index (χ3v) is 4.14.